The van der Waals surface area contributed by atoms with E-state index in [4.69, 9.17) is 9.47 Å². The van der Waals surface area contributed by atoms with Crippen LogP contribution in [0.15, 0.2) is 48.5 Å². The summed E-state index contributed by atoms with van der Waals surface area (Å²) in [6.45, 7) is 0.772. The van der Waals surface area contributed by atoms with E-state index in [0.29, 0.717) is 43.2 Å². The summed E-state index contributed by atoms with van der Waals surface area (Å²) in [5.74, 6) is 0.337. The maximum atomic E-state index is 12.6. The third-order valence-electron chi connectivity index (χ3n) is 5.00. The highest BCUT2D eigenvalue weighted by atomic mass is 16.5. The molecule has 8 nitrogen and oxygen atoms in total. The Morgan fingerprint density at radius 1 is 1.07 bits per heavy atom. The number of ether oxygens (including phenoxy) is 2. The number of benzene rings is 2. The molecule has 4 rings (SSSR count). The van der Waals surface area contributed by atoms with Crippen LogP contribution in [0.3, 0.4) is 0 Å². The van der Waals surface area contributed by atoms with Crippen LogP contribution in [0.4, 0.5) is 10.5 Å². The first-order valence-electron chi connectivity index (χ1n) is 9.95. The zero-order chi connectivity index (χ0) is 20.9. The predicted molar refractivity (Wildman–Crippen MR) is 109 cm³/mol. The van der Waals surface area contributed by atoms with Gasteiger partial charge < -0.3 is 20.1 Å². The van der Waals surface area contributed by atoms with Gasteiger partial charge in [0, 0.05) is 18.2 Å². The van der Waals surface area contributed by atoms with Gasteiger partial charge in [0.1, 0.15) is 12.6 Å². The molecule has 1 fully saturated rings. The lowest BCUT2D eigenvalue weighted by atomic mass is 10.1. The standard InChI is InChI=1S/C22H23N3O5/c26-20(23-16-8-10-18-19(13-16)30-12-4-11-29-18)14-25-21(27)17(24-22(25)28)9-7-15-5-2-1-3-6-15/h1-3,5-6,8,10,13,17H,4,7,9,11-12,14H2,(H,23,26)(H,24,28). The van der Waals surface area contributed by atoms with Crippen LogP contribution in [0.25, 0.3) is 0 Å². The Labute approximate surface area is 174 Å². The van der Waals surface area contributed by atoms with Gasteiger partial charge in [0.25, 0.3) is 5.91 Å². The number of aryl methyl sites for hydroxylation is 1. The Hall–Kier alpha value is -3.55. The number of anilines is 1. The molecule has 8 heteroatoms. The lowest BCUT2D eigenvalue weighted by molar-refractivity contribution is -0.130. The molecule has 30 heavy (non-hydrogen) atoms. The fourth-order valence-corrected chi connectivity index (χ4v) is 3.46. The van der Waals surface area contributed by atoms with Crippen LogP contribution >= 0.6 is 0 Å². The maximum absolute atomic E-state index is 12.6. The summed E-state index contributed by atoms with van der Waals surface area (Å²) in [4.78, 5) is 38.2. The number of hydrogen-bond acceptors (Lipinski definition) is 5. The number of carbonyl (C=O) groups excluding carboxylic acids is 3. The number of rotatable bonds is 6. The zero-order valence-corrected chi connectivity index (χ0v) is 16.4. The second kappa shape index (κ2) is 8.86. The van der Waals surface area contributed by atoms with Gasteiger partial charge in [-0.1, -0.05) is 30.3 Å². The van der Waals surface area contributed by atoms with Gasteiger partial charge in [-0.3, -0.25) is 14.5 Å². The minimum Gasteiger partial charge on any atom is -0.490 e. The fourth-order valence-electron chi connectivity index (χ4n) is 3.46. The van der Waals surface area contributed by atoms with Crippen LogP contribution in [-0.4, -0.2) is 48.5 Å². The monoisotopic (exact) mass is 409 g/mol. The van der Waals surface area contributed by atoms with Crippen molar-refractivity contribution in [1.29, 1.82) is 0 Å². The molecule has 2 aliphatic heterocycles. The van der Waals surface area contributed by atoms with Crippen molar-refractivity contribution < 1.29 is 23.9 Å². The van der Waals surface area contributed by atoms with E-state index in [1.807, 2.05) is 30.3 Å². The fraction of sp³-hybridized carbons (Fsp3) is 0.318. The smallest absolute Gasteiger partial charge is 0.325 e. The molecule has 1 unspecified atom stereocenters. The molecule has 0 spiro atoms. The summed E-state index contributed by atoms with van der Waals surface area (Å²) >= 11 is 0. The van der Waals surface area contributed by atoms with Gasteiger partial charge in [-0.2, -0.15) is 0 Å². The zero-order valence-electron chi connectivity index (χ0n) is 16.4. The number of carbonyl (C=O) groups is 3. The summed E-state index contributed by atoms with van der Waals surface area (Å²) in [6.07, 6.45) is 1.93. The van der Waals surface area contributed by atoms with Gasteiger partial charge in [0.2, 0.25) is 5.91 Å². The summed E-state index contributed by atoms with van der Waals surface area (Å²) in [6, 6.07) is 13.7. The summed E-state index contributed by atoms with van der Waals surface area (Å²) in [5, 5.41) is 5.37. The van der Waals surface area contributed by atoms with Gasteiger partial charge in [0.15, 0.2) is 11.5 Å². The predicted octanol–water partition coefficient (Wildman–Crippen LogP) is 2.34. The number of urea groups is 1. The highest BCUT2D eigenvalue weighted by molar-refractivity contribution is 6.07. The Morgan fingerprint density at radius 2 is 1.83 bits per heavy atom. The molecule has 1 atom stereocenters. The van der Waals surface area contributed by atoms with Crippen LogP contribution in [0.5, 0.6) is 11.5 Å². The third kappa shape index (κ3) is 4.53. The van der Waals surface area contributed by atoms with Gasteiger partial charge in [0.05, 0.1) is 13.2 Å². The van der Waals surface area contributed by atoms with Crippen LogP contribution in [-0.2, 0) is 16.0 Å². The second-order valence-corrected chi connectivity index (χ2v) is 7.21. The van der Waals surface area contributed by atoms with Gasteiger partial charge in [-0.05, 0) is 30.5 Å². The van der Waals surface area contributed by atoms with E-state index in [9.17, 15) is 14.4 Å². The first kappa shape index (κ1) is 19.8. The van der Waals surface area contributed by atoms with E-state index >= 15 is 0 Å². The molecule has 2 aromatic rings. The molecule has 0 aromatic heterocycles. The largest absolute Gasteiger partial charge is 0.490 e. The molecule has 0 bridgehead atoms. The van der Waals surface area contributed by atoms with Gasteiger partial charge in [-0.15, -0.1) is 0 Å². The Bertz CT molecular complexity index is 947. The number of fused-ring (bicyclic) bond motifs is 1. The number of amides is 4. The average molecular weight is 409 g/mol. The van der Waals surface area contributed by atoms with Crippen LogP contribution in [0, 0.1) is 0 Å². The van der Waals surface area contributed by atoms with E-state index in [1.54, 1.807) is 18.2 Å². The third-order valence-corrected chi connectivity index (χ3v) is 5.00. The highest BCUT2D eigenvalue weighted by Gasteiger charge is 2.38. The first-order valence-corrected chi connectivity index (χ1v) is 9.95. The average Bonchev–Trinajstić information content (AvgIpc) is 2.91. The quantitative estimate of drug-likeness (QED) is 0.714. The van der Waals surface area contributed by atoms with E-state index in [0.717, 1.165) is 16.9 Å². The van der Waals surface area contributed by atoms with Crippen molar-refractivity contribution in [1.82, 2.24) is 10.2 Å². The minimum absolute atomic E-state index is 0.346. The lowest BCUT2D eigenvalue weighted by Gasteiger charge is -2.14. The van der Waals surface area contributed by atoms with Crippen molar-refractivity contribution in [2.45, 2.75) is 25.3 Å². The molecule has 0 aliphatic carbocycles. The topological polar surface area (TPSA) is 97.0 Å². The van der Waals surface area contributed by atoms with Crippen molar-refractivity contribution in [3.05, 3.63) is 54.1 Å². The molecule has 4 amide bonds. The normalized spacial score (nSPS) is 18.0. The second-order valence-electron chi connectivity index (χ2n) is 7.21. The van der Waals surface area contributed by atoms with E-state index in [1.165, 1.54) is 0 Å². The first-order chi connectivity index (χ1) is 14.6. The minimum atomic E-state index is -0.622. The van der Waals surface area contributed by atoms with Crippen molar-refractivity contribution >= 4 is 23.5 Å². The molecule has 2 heterocycles. The molecular weight excluding hydrogens is 386 g/mol. The molecule has 2 aromatic carbocycles. The van der Waals surface area contributed by atoms with Crippen LogP contribution in [0.2, 0.25) is 0 Å². The summed E-state index contributed by atoms with van der Waals surface area (Å²) < 4.78 is 11.2. The molecule has 1 saturated heterocycles. The van der Waals surface area contributed by atoms with E-state index < -0.39 is 18.0 Å². The highest BCUT2D eigenvalue weighted by Crippen LogP contribution is 2.32. The number of nitrogens with one attached hydrogen (secondary N) is 2. The molecule has 0 saturated carbocycles. The molecule has 0 radical (unpaired) electrons. The summed E-state index contributed by atoms with van der Waals surface area (Å²) in [5.41, 5.74) is 1.60. The lowest BCUT2D eigenvalue weighted by Crippen LogP contribution is -2.38. The maximum Gasteiger partial charge on any atom is 0.325 e. The van der Waals surface area contributed by atoms with Crippen molar-refractivity contribution in [3.63, 3.8) is 0 Å². The van der Waals surface area contributed by atoms with Gasteiger partial charge >= 0.3 is 6.03 Å². The number of hydrogen-bond donors (Lipinski definition) is 2. The van der Waals surface area contributed by atoms with Crippen LogP contribution < -0.4 is 20.1 Å². The molecule has 2 aliphatic rings. The number of imide groups is 1. The molecule has 156 valence electrons. The van der Waals surface area contributed by atoms with Crippen molar-refractivity contribution in [3.8, 4) is 11.5 Å². The Kier molecular flexibility index (Phi) is 5.83. The van der Waals surface area contributed by atoms with Crippen molar-refractivity contribution in [2.75, 3.05) is 25.1 Å². The summed E-state index contributed by atoms with van der Waals surface area (Å²) in [7, 11) is 0. The Balaban J connectivity index is 1.33. The molecular formula is C22H23N3O5. The van der Waals surface area contributed by atoms with E-state index in [2.05, 4.69) is 10.6 Å². The van der Waals surface area contributed by atoms with Crippen LogP contribution in [0.1, 0.15) is 18.4 Å². The van der Waals surface area contributed by atoms with Gasteiger partial charge in [-0.25, -0.2) is 4.79 Å². The Morgan fingerprint density at radius 3 is 2.63 bits per heavy atom. The number of nitrogens with zero attached hydrogens (tertiary/aromatic N) is 1. The molecule has 2 N–H and O–H groups in total. The van der Waals surface area contributed by atoms with Crippen molar-refractivity contribution in [2.24, 2.45) is 0 Å². The SMILES string of the molecule is O=C(CN1C(=O)NC(CCc2ccccc2)C1=O)Nc1ccc2c(c1)OCCCO2. The van der Waals surface area contributed by atoms with E-state index in [-0.39, 0.29) is 12.5 Å².